The third-order valence-corrected chi connectivity index (χ3v) is 6.63. The van der Waals surface area contributed by atoms with E-state index in [1.165, 1.54) is 38.4 Å². The first-order chi connectivity index (χ1) is 13.8. The molecule has 1 amide bonds. The standard InChI is InChI=1S/C21H24N2O5S/c1-22(2)29(26,27)18-12-8-11-17(15-18)21(25)28-19(16-9-4-3-5-10-16)20(24)23-13-6-7-14-23/h3-5,8-12,15,19H,6-7,13-14H2,1-2H3. The van der Waals surface area contributed by atoms with Crippen LogP contribution in [0.4, 0.5) is 0 Å². The quantitative estimate of drug-likeness (QED) is 0.676. The first-order valence-corrected chi connectivity index (χ1v) is 10.8. The first kappa shape index (κ1) is 21.0. The van der Waals surface area contributed by atoms with Crippen LogP contribution in [0, 0.1) is 0 Å². The average molecular weight is 416 g/mol. The number of likely N-dealkylation sites (tertiary alicyclic amines) is 1. The Balaban J connectivity index is 1.88. The van der Waals surface area contributed by atoms with Gasteiger partial charge in [-0.1, -0.05) is 36.4 Å². The number of hydrogen-bond acceptors (Lipinski definition) is 5. The van der Waals surface area contributed by atoms with Crippen LogP contribution in [0.5, 0.6) is 0 Å². The molecule has 1 atom stereocenters. The van der Waals surface area contributed by atoms with Crippen LogP contribution in [0.2, 0.25) is 0 Å². The second kappa shape index (κ2) is 8.75. The van der Waals surface area contributed by atoms with E-state index in [0.717, 1.165) is 17.1 Å². The van der Waals surface area contributed by atoms with Crippen LogP contribution in [0.15, 0.2) is 59.5 Å². The number of rotatable bonds is 6. The van der Waals surface area contributed by atoms with Crippen molar-refractivity contribution >= 4 is 21.9 Å². The summed E-state index contributed by atoms with van der Waals surface area (Å²) in [4.78, 5) is 27.4. The zero-order valence-electron chi connectivity index (χ0n) is 16.4. The third kappa shape index (κ3) is 4.65. The summed E-state index contributed by atoms with van der Waals surface area (Å²) in [7, 11) is -0.858. The van der Waals surface area contributed by atoms with Gasteiger partial charge in [0.15, 0.2) is 0 Å². The number of ether oxygens (including phenoxy) is 1. The lowest BCUT2D eigenvalue weighted by Crippen LogP contribution is -2.34. The van der Waals surface area contributed by atoms with Crippen molar-refractivity contribution in [1.29, 1.82) is 0 Å². The summed E-state index contributed by atoms with van der Waals surface area (Å²) in [6, 6.07) is 14.5. The number of esters is 1. The first-order valence-electron chi connectivity index (χ1n) is 9.38. The molecule has 0 N–H and O–H groups in total. The average Bonchev–Trinajstić information content (AvgIpc) is 3.27. The number of nitrogens with zero attached hydrogens (tertiary/aromatic N) is 2. The molecule has 2 aromatic rings. The summed E-state index contributed by atoms with van der Waals surface area (Å²) in [5, 5.41) is 0. The van der Waals surface area contributed by atoms with Crippen molar-refractivity contribution in [3.05, 3.63) is 65.7 Å². The smallest absolute Gasteiger partial charge is 0.339 e. The lowest BCUT2D eigenvalue weighted by atomic mass is 10.1. The molecule has 7 nitrogen and oxygen atoms in total. The zero-order chi connectivity index (χ0) is 21.0. The molecule has 8 heteroatoms. The van der Waals surface area contributed by atoms with Crippen LogP contribution in [0.25, 0.3) is 0 Å². The molecule has 3 rings (SSSR count). The highest BCUT2D eigenvalue weighted by atomic mass is 32.2. The molecule has 2 aromatic carbocycles. The Hall–Kier alpha value is -2.71. The van der Waals surface area contributed by atoms with E-state index in [9.17, 15) is 18.0 Å². The molecule has 154 valence electrons. The molecule has 0 radical (unpaired) electrons. The SMILES string of the molecule is CN(C)S(=O)(=O)c1cccc(C(=O)OC(C(=O)N2CCCC2)c2ccccc2)c1. The minimum absolute atomic E-state index is 0.0147. The van der Waals surface area contributed by atoms with Gasteiger partial charge in [-0.2, -0.15) is 0 Å². The highest BCUT2D eigenvalue weighted by molar-refractivity contribution is 7.89. The van der Waals surface area contributed by atoms with Crippen molar-refractivity contribution in [2.75, 3.05) is 27.2 Å². The Morgan fingerprint density at radius 3 is 2.28 bits per heavy atom. The van der Waals surface area contributed by atoms with Gasteiger partial charge in [-0.25, -0.2) is 17.5 Å². The Labute approximate surface area is 170 Å². The van der Waals surface area contributed by atoms with E-state index >= 15 is 0 Å². The molecule has 1 aliphatic heterocycles. The number of hydrogen-bond donors (Lipinski definition) is 0. The number of benzene rings is 2. The van der Waals surface area contributed by atoms with Crippen LogP contribution in [-0.4, -0.2) is 56.7 Å². The molecule has 1 fully saturated rings. The van der Waals surface area contributed by atoms with Gasteiger partial charge in [0.1, 0.15) is 0 Å². The maximum absolute atomic E-state index is 13.0. The molecular formula is C21H24N2O5S. The number of carbonyl (C=O) groups is 2. The summed E-state index contributed by atoms with van der Waals surface area (Å²) in [6.45, 7) is 1.27. The minimum atomic E-state index is -3.69. The largest absolute Gasteiger partial charge is 0.444 e. The summed E-state index contributed by atoms with van der Waals surface area (Å²) in [5.74, 6) is -1.01. The van der Waals surface area contributed by atoms with Gasteiger partial charge >= 0.3 is 5.97 Å². The summed E-state index contributed by atoms with van der Waals surface area (Å²) in [6.07, 6.45) is 0.771. The third-order valence-electron chi connectivity index (χ3n) is 4.82. The van der Waals surface area contributed by atoms with Gasteiger partial charge in [-0.05, 0) is 31.0 Å². The lowest BCUT2D eigenvalue weighted by molar-refractivity contribution is -0.140. The van der Waals surface area contributed by atoms with Crippen molar-refractivity contribution in [2.45, 2.75) is 23.8 Å². The molecule has 29 heavy (non-hydrogen) atoms. The van der Waals surface area contributed by atoms with Gasteiger partial charge in [0.05, 0.1) is 10.5 Å². The van der Waals surface area contributed by atoms with E-state index < -0.39 is 22.1 Å². The highest BCUT2D eigenvalue weighted by Gasteiger charge is 2.31. The van der Waals surface area contributed by atoms with Crippen LogP contribution < -0.4 is 0 Å². The van der Waals surface area contributed by atoms with Crippen LogP contribution >= 0.6 is 0 Å². The topological polar surface area (TPSA) is 84.0 Å². The normalized spacial score (nSPS) is 15.3. The Morgan fingerprint density at radius 1 is 1.00 bits per heavy atom. The van der Waals surface area contributed by atoms with E-state index in [-0.39, 0.29) is 16.4 Å². The highest BCUT2D eigenvalue weighted by Crippen LogP contribution is 2.25. The fraction of sp³-hybridized carbons (Fsp3) is 0.333. The second-order valence-corrected chi connectivity index (χ2v) is 9.20. The van der Waals surface area contributed by atoms with Crippen molar-refractivity contribution in [3.8, 4) is 0 Å². The summed E-state index contributed by atoms with van der Waals surface area (Å²) in [5.41, 5.74) is 0.651. The Bertz CT molecular complexity index is 983. The fourth-order valence-electron chi connectivity index (χ4n) is 3.16. The van der Waals surface area contributed by atoms with Gasteiger partial charge < -0.3 is 9.64 Å². The van der Waals surface area contributed by atoms with Crippen molar-refractivity contribution < 1.29 is 22.7 Å². The van der Waals surface area contributed by atoms with E-state index in [0.29, 0.717) is 18.7 Å². The van der Waals surface area contributed by atoms with Gasteiger partial charge in [0, 0.05) is 32.7 Å². The molecule has 1 saturated heterocycles. The molecular weight excluding hydrogens is 392 g/mol. The summed E-state index contributed by atoms with van der Waals surface area (Å²) >= 11 is 0. The van der Waals surface area contributed by atoms with Crippen LogP contribution in [0.3, 0.4) is 0 Å². The van der Waals surface area contributed by atoms with Crippen LogP contribution in [-0.2, 0) is 19.6 Å². The maximum atomic E-state index is 13.0. The molecule has 0 spiro atoms. The number of amides is 1. The summed E-state index contributed by atoms with van der Waals surface area (Å²) < 4.78 is 31.3. The zero-order valence-corrected chi connectivity index (χ0v) is 17.3. The Kier molecular flexibility index (Phi) is 6.34. The molecule has 0 bridgehead atoms. The van der Waals surface area contributed by atoms with Crippen molar-refractivity contribution in [2.24, 2.45) is 0 Å². The van der Waals surface area contributed by atoms with Crippen LogP contribution in [0.1, 0.15) is 34.9 Å². The number of carbonyl (C=O) groups excluding carboxylic acids is 2. The molecule has 1 heterocycles. The van der Waals surface area contributed by atoms with E-state index in [2.05, 4.69) is 0 Å². The second-order valence-electron chi connectivity index (χ2n) is 7.04. The van der Waals surface area contributed by atoms with Gasteiger partial charge in [-0.15, -0.1) is 0 Å². The van der Waals surface area contributed by atoms with Gasteiger partial charge in [-0.3, -0.25) is 4.79 Å². The molecule has 0 aliphatic carbocycles. The molecule has 0 saturated carbocycles. The van der Waals surface area contributed by atoms with Gasteiger partial charge in [0.2, 0.25) is 16.1 Å². The predicted octanol–water partition coefficient (Wildman–Crippen LogP) is 2.46. The maximum Gasteiger partial charge on any atom is 0.339 e. The predicted molar refractivity (Wildman–Crippen MR) is 108 cm³/mol. The fourth-order valence-corrected chi connectivity index (χ4v) is 4.11. The van der Waals surface area contributed by atoms with Crippen molar-refractivity contribution in [3.63, 3.8) is 0 Å². The molecule has 1 unspecified atom stereocenters. The van der Waals surface area contributed by atoms with E-state index in [1.54, 1.807) is 29.2 Å². The lowest BCUT2D eigenvalue weighted by Gasteiger charge is -2.23. The van der Waals surface area contributed by atoms with E-state index in [1.807, 2.05) is 6.07 Å². The van der Waals surface area contributed by atoms with E-state index in [4.69, 9.17) is 4.74 Å². The minimum Gasteiger partial charge on any atom is -0.444 e. The molecule has 1 aliphatic rings. The van der Waals surface area contributed by atoms with Crippen molar-refractivity contribution in [1.82, 2.24) is 9.21 Å². The van der Waals surface area contributed by atoms with Gasteiger partial charge in [0.25, 0.3) is 5.91 Å². The Morgan fingerprint density at radius 2 is 1.66 bits per heavy atom. The number of sulfonamides is 1. The monoisotopic (exact) mass is 416 g/mol. The molecule has 0 aromatic heterocycles.